The summed E-state index contributed by atoms with van der Waals surface area (Å²) in [7, 11) is 0. The SMILES string of the molecule is CC(C)(C)OC(=O)NCC#Cc1ccc(C(F)(F)F)cc1C#N. The zero-order chi connectivity index (χ0) is 17.7. The average molecular weight is 324 g/mol. The third-order valence-electron chi connectivity index (χ3n) is 2.41. The summed E-state index contributed by atoms with van der Waals surface area (Å²) in [5, 5.41) is 11.3. The molecular weight excluding hydrogens is 309 g/mol. The minimum Gasteiger partial charge on any atom is -0.444 e. The summed E-state index contributed by atoms with van der Waals surface area (Å²) >= 11 is 0. The van der Waals surface area contributed by atoms with Crippen molar-refractivity contribution in [2.75, 3.05) is 6.54 Å². The Labute approximate surface area is 132 Å². The van der Waals surface area contributed by atoms with Crippen molar-refractivity contribution in [1.29, 1.82) is 5.26 Å². The number of rotatable bonds is 1. The molecule has 0 aliphatic heterocycles. The molecule has 0 aromatic heterocycles. The van der Waals surface area contributed by atoms with Crippen molar-refractivity contribution in [3.05, 3.63) is 34.9 Å². The highest BCUT2D eigenvalue weighted by Crippen LogP contribution is 2.30. The van der Waals surface area contributed by atoms with E-state index < -0.39 is 23.4 Å². The van der Waals surface area contributed by atoms with E-state index in [0.717, 1.165) is 18.2 Å². The van der Waals surface area contributed by atoms with Gasteiger partial charge in [0.2, 0.25) is 0 Å². The van der Waals surface area contributed by atoms with Crippen molar-refractivity contribution in [3.8, 4) is 17.9 Å². The molecule has 0 spiro atoms. The largest absolute Gasteiger partial charge is 0.444 e. The second kappa shape index (κ2) is 7.06. The van der Waals surface area contributed by atoms with Gasteiger partial charge in [-0.25, -0.2) is 4.79 Å². The van der Waals surface area contributed by atoms with E-state index in [0.29, 0.717) is 0 Å². The molecule has 0 bridgehead atoms. The Kier molecular flexibility index (Phi) is 5.64. The van der Waals surface area contributed by atoms with Crippen LogP contribution >= 0.6 is 0 Å². The molecule has 122 valence electrons. The molecular formula is C16H15F3N2O2. The molecule has 7 heteroatoms. The van der Waals surface area contributed by atoms with Gasteiger partial charge in [-0.2, -0.15) is 18.4 Å². The summed E-state index contributed by atoms with van der Waals surface area (Å²) in [6, 6.07) is 4.40. The van der Waals surface area contributed by atoms with Crippen LogP contribution in [0.4, 0.5) is 18.0 Å². The smallest absolute Gasteiger partial charge is 0.416 e. The molecule has 23 heavy (non-hydrogen) atoms. The van der Waals surface area contributed by atoms with Gasteiger partial charge in [0.25, 0.3) is 0 Å². The number of nitrogens with zero attached hydrogens (tertiary/aromatic N) is 1. The molecule has 0 saturated carbocycles. The summed E-state index contributed by atoms with van der Waals surface area (Å²) in [5.74, 6) is 5.11. The van der Waals surface area contributed by atoms with Crippen LogP contribution < -0.4 is 5.32 Å². The molecule has 0 fully saturated rings. The van der Waals surface area contributed by atoms with E-state index in [-0.39, 0.29) is 17.7 Å². The summed E-state index contributed by atoms with van der Waals surface area (Å²) in [6.07, 6.45) is -5.17. The Morgan fingerprint density at radius 2 is 1.91 bits per heavy atom. The van der Waals surface area contributed by atoms with Crippen LogP contribution in [0.1, 0.15) is 37.5 Å². The molecule has 0 aliphatic rings. The van der Waals surface area contributed by atoms with Gasteiger partial charge in [-0.05, 0) is 39.0 Å². The molecule has 1 amide bonds. The highest BCUT2D eigenvalue weighted by atomic mass is 19.4. The van der Waals surface area contributed by atoms with E-state index >= 15 is 0 Å². The Bertz CT molecular complexity index is 686. The zero-order valence-corrected chi connectivity index (χ0v) is 12.8. The maximum absolute atomic E-state index is 12.6. The lowest BCUT2D eigenvalue weighted by molar-refractivity contribution is -0.137. The molecule has 0 saturated heterocycles. The van der Waals surface area contributed by atoms with Crippen molar-refractivity contribution in [2.45, 2.75) is 32.5 Å². The monoisotopic (exact) mass is 324 g/mol. The number of alkyl halides is 3. The quantitative estimate of drug-likeness (QED) is 0.805. The molecule has 0 heterocycles. The van der Waals surface area contributed by atoms with Crippen molar-refractivity contribution < 1.29 is 22.7 Å². The molecule has 4 nitrogen and oxygen atoms in total. The second-order valence-electron chi connectivity index (χ2n) is 5.53. The van der Waals surface area contributed by atoms with E-state index in [4.69, 9.17) is 10.00 Å². The number of halogens is 3. The van der Waals surface area contributed by atoms with Crippen molar-refractivity contribution in [3.63, 3.8) is 0 Å². The van der Waals surface area contributed by atoms with Gasteiger partial charge in [0.15, 0.2) is 0 Å². The fourth-order valence-electron chi connectivity index (χ4n) is 1.49. The number of hydrogen-bond acceptors (Lipinski definition) is 3. The third-order valence-corrected chi connectivity index (χ3v) is 2.41. The fourth-order valence-corrected chi connectivity index (χ4v) is 1.49. The second-order valence-corrected chi connectivity index (χ2v) is 5.53. The molecule has 0 atom stereocenters. The number of nitrogens with one attached hydrogen (secondary N) is 1. The van der Waals surface area contributed by atoms with E-state index in [1.54, 1.807) is 26.8 Å². The zero-order valence-electron chi connectivity index (χ0n) is 12.8. The first-order valence-electron chi connectivity index (χ1n) is 6.60. The summed E-state index contributed by atoms with van der Waals surface area (Å²) < 4.78 is 42.7. The van der Waals surface area contributed by atoms with E-state index in [1.165, 1.54) is 0 Å². The molecule has 0 unspecified atom stereocenters. The van der Waals surface area contributed by atoms with Gasteiger partial charge < -0.3 is 10.1 Å². The van der Waals surface area contributed by atoms with Crippen LogP contribution in [0.25, 0.3) is 0 Å². The van der Waals surface area contributed by atoms with Crippen molar-refractivity contribution in [1.82, 2.24) is 5.32 Å². The average Bonchev–Trinajstić information content (AvgIpc) is 2.40. The molecule has 0 aliphatic carbocycles. The predicted molar refractivity (Wildman–Crippen MR) is 77.3 cm³/mol. The first kappa shape index (κ1) is 18.4. The summed E-state index contributed by atoms with van der Waals surface area (Å²) in [6.45, 7) is 5.07. The summed E-state index contributed by atoms with van der Waals surface area (Å²) in [5.41, 5.74) is -1.57. The first-order chi connectivity index (χ1) is 10.5. The number of ether oxygens (including phenoxy) is 1. The number of alkyl carbamates (subject to hydrolysis) is 1. The molecule has 0 radical (unpaired) electrons. The minimum atomic E-state index is -4.52. The Morgan fingerprint density at radius 1 is 1.26 bits per heavy atom. The normalized spacial score (nSPS) is 11.0. The van der Waals surface area contributed by atoms with Gasteiger partial charge in [-0.1, -0.05) is 11.8 Å². The molecule has 1 N–H and O–H groups in total. The van der Waals surface area contributed by atoms with E-state index in [1.807, 2.05) is 0 Å². The van der Waals surface area contributed by atoms with E-state index in [9.17, 15) is 18.0 Å². The highest BCUT2D eigenvalue weighted by Gasteiger charge is 2.30. The number of amides is 1. The van der Waals surface area contributed by atoms with Gasteiger partial charge in [0, 0.05) is 5.56 Å². The lowest BCUT2D eigenvalue weighted by Crippen LogP contribution is -2.32. The standard InChI is InChI=1S/C16H15F3N2O2/c1-15(2,3)23-14(22)21-8-4-5-11-6-7-13(16(17,18)19)9-12(11)10-20/h6-7,9H,8H2,1-3H3,(H,21,22). The lowest BCUT2D eigenvalue weighted by Gasteiger charge is -2.19. The molecule has 1 aromatic rings. The number of hydrogen-bond donors (Lipinski definition) is 1. The highest BCUT2D eigenvalue weighted by molar-refractivity contribution is 5.68. The van der Waals surface area contributed by atoms with Gasteiger partial charge in [-0.15, -0.1) is 0 Å². The maximum atomic E-state index is 12.6. The third kappa shape index (κ3) is 6.31. The van der Waals surface area contributed by atoms with Crippen LogP contribution in [0.15, 0.2) is 18.2 Å². The Morgan fingerprint density at radius 3 is 2.43 bits per heavy atom. The Balaban J connectivity index is 2.76. The number of nitriles is 1. The van der Waals surface area contributed by atoms with Crippen molar-refractivity contribution >= 4 is 6.09 Å². The van der Waals surface area contributed by atoms with Gasteiger partial charge in [0.1, 0.15) is 11.7 Å². The first-order valence-corrected chi connectivity index (χ1v) is 6.60. The number of carbonyl (C=O) groups excluding carboxylic acids is 1. The number of benzene rings is 1. The van der Waals surface area contributed by atoms with Crippen LogP contribution in [0.2, 0.25) is 0 Å². The van der Waals surface area contributed by atoms with Gasteiger partial charge >= 0.3 is 12.3 Å². The number of carbonyl (C=O) groups is 1. The lowest BCUT2D eigenvalue weighted by atomic mass is 10.0. The van der Waals surface area contributed by atoms with Gasteiger partial charge in [-0.3, -0.25) is 0 Å². The van der Waals surface area contributed by atoms with Gasteiger partial charge in [0.05, 0.1) is 17.7 Å². The summed E-state index contributed by atoms with van der Waals surface area (Å²) in [4.78, 5) is 11.4. The minimum absolute atomic E-state index is 0.0548. The van der Waals surface area contributed by atoms with Crippen LogP contribution in [-0.4, -0.2) is 18.2 Å². The Hall–Kier alpha value is -2.67. The van der Waals surface area contributed by atoms with E-state index in [2.05, 4.69) is 17.2 Å². The van der Waals surface area contributed by atoms with Crippen LogP contribution in [0.3, 0.4) is 0 Å². The van der Waals surface area contributed by atoms with Crippen LogP contribution in [0, 0.1) is 23.2 Å². The van der Waals surface area contributed by atoms with Crippen molar-refractivity contribution in [2.24, 2.45) is 0 Å². The molecule has 1 rings (SSSR count). The topological polar surface area (TPSA) is 62.1 Å². The predicted octanol–water partition coefficient (Wildman–Crippen LogP) is 3.45. The maximum Gasteiger partial charge on any atom is 0.416 e. The van der Waals surface area contributed by atoms with Crippen LogP contribution in [0.5, 0.6) is 0 Å². The molecule has 1 aromatic carbocycles. The fraction of sp³-hybridized carbons (Fsp3) is 0.375. The van der Waals surface area contributed by atoms with Crippen LogP contribution in [-0.2, 0) is 10.9 Å².